The van der Waals surface area contributed by atoms with Crippen molar-refractivity contribution >= 4 is 0 Å². The van der Waals surface area contributed by atoms with Crippen molar-refractivity contribution in [1.82, 2.24) is 4.90 Å². The molecule has 2 N–H and O–H groups in total. The second-order valence-corrected chi connectivity index (χ2v) is 4.94. The Morgan fingerprint density at radius 3 is 2.88 bits per heavy atom. The van der Waals surface area contributed by atoms with Crippen LogP contribution in [0.4, 0.5) is 0 Å². The van der Waals surface area contributed by atoms with E-state index in [0.29, 0.717) is 12.1 Å². The van der Waals surface area contributed by atoms with Crippen molar-refractivity contribution < 1.29 is 4.74 Å². The molecule has 0 aliphatic carbocycles. The van der Waals surface area contributed by atoms with Crippen LogP contribution in [0.5, 0.6) is 0 Å². The molecular formula is C13H28N2O. The van der Waals surface area contributed by atoms with Crippen molar-refractivity contribution in [2.45, 2.75) is 58.1 Å². The monoisotopic (exact) mass is 228 g/mol. The van der Waals surface area contributed by atoms with E-state index in [1.165, 1.54) is 25.8 Å². The molecule has 3 nitrogen and oxygen atoms in total. The molecule has 1 rings (SSSR count). The van der Waals surface area contributed by atoms with E-state index < -0.39 is 0 Å². The highest BCUT2D eigenvalue weighted by Crippen LogP contribution is 2.14. The topological polar surface area (TPSA) is 38.5 Å². The lowest BCUT2D eigenvalue weighted by molar-refractivity contribution is -0.00149. The molecule has 0 amide bonds. The lowest BCUT2D eigenvalue weighted by Crippen LogP contribution is -2.45. The van der Waals surface area contributed by atoms with Crippen molar-refractivity contribution in [3.8, 4) is 0 Å². The van der Waals surface area contributed by atoms with Gasteiger partial charge < -0.3 is 10.5 Å². The second kappa shape index (κ2) is 8.04. The Kier molecular flexibility index (Phi) is 7.01. The van der Waals surface area contributed by atoms with E-state index in [4.69, 9.17) is 10.5 Å². The molecule has 0 saturated carbocycles. The quantitative estimate of drug-likeness (QED) is 0.724. The molecule has 0 bridgehead atoms. The van der Waals surface area contributed by atoms with Gasteiger partial charge in [0, 0.05) is 25.7 Å². The Labute approximate surface area is 100 Å². The minimum Gasteiger partial charge on any atom is -0.377 e. The highest BCUT2D eigenvalue weighted by molar-refractivity contribution is 4.76. The molecule has 16 heavy (non-hydrogen) atoms. The van der Waals surface area contributed by atoms with Crippen LogP contribution in [0.2, 0.25) is 0 Å². The molecule has 2 atom stereocenters. The lowest BCUT2D eigenvalue weighted by Gasteiger charge is -2.34. The highest BCUT2D eigenvalue weighted by atomic mass is 16.5. The van der Waals surface area contributed by atoms with Crippen LogP contribution in [0, 0.1) is 0 Å². The van der Waals surface area contributed by atoms with Gasteiger partial charge >= 0.3 is 0 Å². The van der Waals surface area contributed by atoms with Crippen molar-refractivity contribution in [1.29, 1.82) is 0 Å². The van der Waals surface area contributed by atoms with Crippen molar-refractivity contribution in [3.63, 3.8) is 0 Å². The Morgan fingerprint density at radius 1 is 1.38 bits per heavy atom. The first-order valence-electron chi connectivity index (χ1n) is 6.85. The average molecular weight is 228 g/mol. The minimum atomic E-state index is 0.343. The minimum absolute atomic E-state index is 0.343. The van der Waals surface area contributed by atoms with Crippen LogP contribution in [0.1, 0.15) is 46.0 Å². The van der Waals surface area contributed by atoms with Crippen molar-refractivity contribution in [3.05, 3.63) is 0 Å². The summed E-state index contributed by atoms with van der Waals surface area (Å²) in [7, 11) is 0. The highest BCUT2D eigenvalue weighted by Gasteiger charge is 2.21. The zero-order valence-corrected chi connectivity index (χ0v) is 11.0. The first-order chi connectivity index (χ1) is 7.76. The number of nitrogens with zero attached hydrogens (tertiary/aromatic N) is 1. The number of hydrogen-bond acceptors (Lipinski definition) is 3. The fraction of sp³-hybridized carbons (Fsp3) is 1.00. The summed E-state index contributed by atoms with van der Waals surface area (Å²) in [5.41, 5.74) is 6.08. The number of nitrogens with two attached hydrogens (primary N) is 1. The number of hydrogen-bond donors (Lipinski definition) is 1. The molecular weight excluding hydrogens is 200 g/mol. The Bertz CT molecular complexity index is 175. The van der Waals surface area contributed by atoms with E-state index >= 15 is 0 Å². The van der Waals surface area contributed by atoms with E-state index in [0.717, 1.165) is 32.5 Å². The molecule has 0 aromatic heterocycles. The van der Waals surface area contributed by atoms with E-state index in [9.17, 15) is 0 Å². The summed E-state index contributed by atoms with van der Waals surface area (Å²) in [6.45, 7) is 8.58. The van der Waals surface area contributed by atoms with Crippen LogP contribution in [-0.2, 0) is 4.74 Å². The molecule has 3 heteroatoms. The van der Waals surface area contributed by atoms with E-state index in [-0.39, 0.29) is 0 Å². The normalized spacial score (nSPS) is 24.6. The molecule has 2 unspecified atom stereocenters. The molecule has 1 fully saturated rings. The van der Waals surface area contributed by atoms with E-state index in [1.807, 2.05) is 0 Å². The predicted molar refractivity (Wildman–Crippen MR) is 68.6 cm³/mol. The smallest absolute Gasteiger partial charge is 0.0702 e. The lowest BCUT2D eigenvalue weighted by atomic mass is 10.1. The second-order valence-electron chi connectivity index (χ2n) is 4.94. The van der Waals surface area contributed by atoms with Crippen LogP contribution in [0.25, 0.3) is 0 Å². The molecule has 1 aliphatic rings. The van der Waals surface area contributed by atoms with Gasteiger partial charge in [-0.1, -0.05) is 20.3 Å². The third-order valence-corrected chi connectivity index (χ3v) is 3.17. The molecule has 0 aromatic carbocycles. The van der Waals surface area contributed by atoms with Crippen LogP contribution in [-0.4, -0.2) is 43.3 Å². The summed E-state index contributed by atoms with van der Waals surface area (Å²) in [5.74, 6) is 0. The first-order valence-corrected chi connectivity index (χ1v) is 6.85. The summed E-state index contributed by atoms with van der Waals surface area (Å²) in [4.78, 5) is 2.48. The van der Waals surface area contributed by atoms with Gasteiger partial charge in [-0.25, -0.2) is 0 Å². The van der Waals surface area contributed by atoms with Crippen molar-refractivity contribution in [2.75, 3.05) is 26.2 Å². The van der Waals surface area contributed by atoms with Gasteiger partial charge in [0.05, 0.1) is 6.10 Å². The zero-order chi connectivity index (χ0) is 11.8. The predicted octanol–water partition coefficient (Wildman–Crippen LogP) is 2.00. The Morgan fingerprint density at radius 2 is 2.19 bits per heavy atom. The van der Waals surface area contributed by atoms with Gasteiger partial charge in [-0.2, -0.15) is 0 Å². The van der Waals surface area contributed by atoms with Gasteiger partial charge in [-0.05, 0) is 32.2 Å². The molecule has 0 aromatic rings. The standard InChI is InChI=1S/C13H28N2O/c1-3-6-12(14)10-15-8-5-7-13(11-15)16-9-4-2/h12-13H,3-11,14H2,1-2H3. The van der Waals surface area contributed by atoms with Crippen LogP contribution >= 0.6 is 0 Å². The fourth-order valence-corrected chi connectivity index (χ4v) is 2.39. The van der Waals surface area contributed by atoms with E-state index in [2.05, 4.69) is 18.7 Å². The first kappa shape index (κ1) is 13.9. The molecule has 0 radical (unpaired) electrons. The summed E-state index contributed by atoms with van der Waals surface area (Å²) in [6.07, 6.45) is 6.36. The molecule has 96 valence electrons. The summed E-state index contributed by atoms with van der Waals surface area (Å²) in [6, 6.07) is 0.343. The Hall–Kier alpha value is -0.120. The summed E-state index contributed by atoms with van der Waals surface area (Å²) >= 11 is 0. The zero-order valence-electron chi connectivity index (χ0n) is 11.0. The number of piperidine rings is 1. The largest absolute Gasteiger partial charge is 0.377 e. The van der Waals surface area contributed by atoms with Gasteiger partial charge in [0.15, 0.2) is 0 Å². The number of likely N-dealkylation sites (tertiary alicyclic amines) is 1. The maximum Gasteiger partial charge on any atom is 0.0702 e. The van der Waals surface area contributed by atoms with Gasteiger partial charge in [-0.15, -0.1) is 0 Å². The summed E-state index contributed by atoms with van der Waals surface area (Å²) in [5, 5.41) is 0. The number of ether oxygens (including phenoxy) is 1. The number of rotatable bonds is 7. The van der Waals surface area contributed by atoms with Crippen LogP contribution in [0.15, 0.2) is 0 Å². The van der Waals surface area contributed by atoms with Gasteiger partial charge in [-0.3, -0.25) is 4.90 Å². The van der Waals surface area contributed by atoms with Crippen LogP contribution in [0.3, 0.4) is 0 Å². The van der Waals surface area contributed by atoms with Gasteiger partial charge in [0.25, 0.3) is 0 Å². The van der Waals surface area contributed by atoms with E-state index in [1.54, 1.807) is 0 Å². The maximum absolute atomic E-state index is 6.08. The SMILES string of the molecule is CCCOC1CCCN(CC(N)CCC)C1. The Balaban J connectivity index is 2.21. The van der Waals surface area contributed by atoms with Crippen molar-refractivity contribution in [2.24, 2.45) is 5.73 Å². The molecule has 1 aliphatic heterocycles. The van der Waals surface area contributed by atoms with Crippen LogP contribution < -0.4 is 5.73 Å². The molecule has 1 saturated heterocycles. The van der Waals surface area contributed by atoms with Gasteiger partial charge in [0.2, 0.25) is 0 Å². The fourth-order valence-electron chi connectivity index (χ4n) is 2.39. The maximum atomic E-state index is 6.08. The third kappa shape index (κ3) is 5.28. The summed E-state index contributed by atoms with van der Waals surface area (Å²) < 4.78 is 5.82. The molecule has 0 spiro atoms. The van der Waals surface area contributed by atoms with Gasteiger partial charge in [0.1, 0.15) is 0 Å². The average Bonchev–Trinajstić information content (AvgIpc) is 2.27. The third-order valence-electron chi connectivity index (χ3n) is 3.17. The molecule has 1 heterocycles.